The molecule has 1 rings (SSSR count). The number of nitrogens with zero attached hydrogens (tertiary/aromatic N) is 1. The molecule has 1 saturated carbocycles. The van der Waals surface area contributed by atoms with E-state index in [9.17, 15) is 4.79 Å². The van der Waals surface area contributed by atoms with Gasteiger partial charge in [-0.3, -0.25) is 0 Å². The maximum Gasteiger partial charge on any atom is 0.139 e. The Hall–Kier alpha value is -0.990. The first-order valence-electron chi connectivity index (χ1n) is 6.87. The summed E-state index contributed by atoms with van der Waals surface area (Å²) in [5, 5.41) is 2.94. The van der Waals surface area contributed by atoms with Crippen LogP contribution in [0.15, 0.2) is 12.4 Å². The van der Waals surface area contributed by atoms with Gasteiger partial charge in [-0.05, 0) is 18.8 Å². The molecule has 0 spiro atoms. The van der Waals surface area contributed by atoms with Gasteiger partial charge in [-0.25, -0.2) is 0 Å². The molecule has 0 amide bonds. The number of nitrogens with one attached hydrogen (secondary N) is 1. The molecule has 0 heterocycles. The first kappa shape index (κ1) is 14.1. The number of hydrogen-bond donors (Lipinski definition) is 1. The molecule has 0 unspecified atom stereocenters. The van der Waals surface area contributed by atoms with Gasteiger partial charge in [-0.2, -0.15) is 0 Å². The minimum Gasteiger partial charge on any atom is -0.383 e. The zero-order chi connectivity index (χ0) is 12.3. The molecule has 0 aromatic heterocycles. The Morgan fingerprint density at radius 1 is 1.18 bits per heavy atom. The Morgan fingerprint density at radius 3 is 2.47 bits per heavy atom. The minimum atomic E-state index is 0.397. The van der Waals surface area contributed by atoms with Crippen molar-refractivity contribution in [3.63, 3.8) is 0 Å². The molecule has 0 aliphatic heterocycles. The van der Waals surface area contributed by atoms with Gasteiger partial charge in [0, 0.05) is 26.0 Å². The molecule has 0 radical (unpaired) electrons. The number of carbonyl (C=O) groups excluding carboxylic acids is 1. The second kappa shape index (κ2) is 9.08. The Bertz CT molecular complexity index is 220. The first-order valence-corrected chi connectivity index (χ1v) is 6.87. The monoisotopic (exact) mass is 238 g/mol. The van der Waals surface area contributed by atoms with Gasteiger partial charge in [0.25, 0.3) is 0 Å². The van der Waals surface area contributed by atoms with Crippen LogP contribution < -0.4 is 5.32 Å². The van der Waals surface area contributed by atoms with Crippen molar-refractivity contribution < 1.29 is 4.79 Å². The fraction of sp³-hybridized carbons (Fsp3) is 0.786. The summed E-state index contributed by atoms with van der Waals surface area (Å²) >= 11 is 0. The molecule has 1 fully saturated rings. The molecule has 1 aliphatic rings. The third kappa shape index (κ3) is 7.03. The Morgan fingerprint density at radius 2 is 1.82 bits per heavy atom. The largest absolute Gasteiger partial charge is 0.383 e. The van der Waals surface area contributed by atoms with Crippen LogP contribution >= 0.6 is 0 Å². The summed E-state index contributed by atoms with van der Waals surface area (Å²) in [6.07, 6.45) is 14.6. The molecule has 0 aromatic rings. The first-order chi connectivity index (χ1) is 8.33. The summed E-state index contributed by atoms with van der Waals surface area (Å²) in [6, 6.07) is 0. The van der Waals surface area contributed by atoms with E-state index in [1.165, 1.54) is 44.9 Å². The zero-order valence-electron chi connectivity index (χ0n) is 11.0. The number of carbonyl (C=O) groups is 1. The fourth-order valence-corrected chi connectivity index (χ4v) is 2.49. The van der Waals surface area contributed by atoms with E-state index in [1.54, 1.807) is 0 Å². The van der Waals surface area contributed by atoms with Crippen molar-refractivity contribution in [2.45, 2.75) is 44.9 Å². The maximum atomic E-state index is 10.1. The van der Waals surface area contributed by atoms with Crippen molar-refractivity contribution in [3.05, 3.63) is 12.4 Å². The van der Waals surface area contributed by atoms with Crippen molar-refractivity contribution in [3.8, 4) is 0 Å². The van der Waals surface area contributed by atoms with Gasteiger partial charge < -0.3 is 15.0 Å². The molecule has 0 bridgehead atoms. The van der Waals surface area contributed by atoms with E-state index in [-0.39, 0.29) is 0 Å². The van der Waals surface area contributed by atoms with E-state index in [0.29, 0.717) is 6.54 Å². The third-order valence-corrected chi connectivity index (χ3v) is 3.42. The Labute approximate surface area is 105 Å². The predicted molar refractivity (Wildman–Crippen MR) is 71.6 cm³/mol. The van der Waals surface area contributed by atoms with Crippen molar-refractivity contribution in [1.82, 2.24) is 10.2 Å². The lowest BCUT2D eigenvalue weighted by Gasteiger charge is -2.24. The molecule has 0 aromatic carbocycles. The molecule has 98 valence electrons. The number of hydrogen-bond acceptors (Lipinski definition) is 3. The van der Waals surface area contributed by atoms with Crippen LogP contribution in [0.3, 0.4) is 0 Å². The van der Waals surface area contributed by atoms with Crippen molar-refractivity contribution in [2.75, 3.05) is 20.1 Å². The maximum absolute atomic E-state index is 10.1. The van der Waals surface area contributed by atoms with Gasteiger partial charge in [-0.1, -0.05) is 32.1 Å². The smallest absolute Gasteiger partial charge is 0.139 e. The fourth-order valence-electron chi connectivity index (χ4n) is 2.49. The predicted octanol–water partition coefficient (Wildman–Crippen LogP) is 2.54. The number of aldehydes is 1. The van der Waals surface area contributed by atoms with Gasteiger partial charge in [0.1, 0.15) is 6.29 Å². The van der Waals surface area contributed by atoms with Crippen LogP contribution in [0.5, 0.6) is 0 Å². The van der Waals surface area contributed by atoms with Gasteiger partial charge >= 0.3 is 0 Å². The summed E-state index contributed by atoms with van der Waals surface area (Å²) in [5.41, 5.74) is 0. The normalized spacial score (nSPS) is 18.6. The summed E-state index contributed by atoms with van der Waals surface area (Å²) in [5.74, 6) is 0.844. The third-order valence-electron chi connectivity index (χ3n) is 3.42. The highest BCUT2D eigenvalue weighted by Crippen LogP contribution is 2.22. The molecule has 3 nitrogen and oxygen atoms in total. The Balaban J connectivity index is 2.20. The molecule has 1 N–H and O–H groups in total. The molecular weight excluding hydrogens is 212 g/mol. The highest BCUT2D eigenvalue weighted by Gasteiger charge is 2.12. The van der Waals surface area contributed by atoms with Gasteiger partial charge in [0.15, 0.2) is 0 Å². The topological polar surface area (TPSA) is 32.3 Å². The second-order valence-electron chi connectivity index (χ2n) is 5.04. The SMILES string of the molecule is CN(/C=C\NCC=O)CC1CCCCCCC1. The van der Waals surface area contributed by atoms with Crippen molar-refractivity contribution in [1.29, 1.82) is 0 Å². The van der Waals surface area contributed by atoms with Crippen LogP contribution in [0.1, 0.15) is 44.9 Å². The van der Waals surface area contributed by atoms with Crippen LogP contribution in [0, 0.1) is 5.92 Å². The summed E-state index contributed by atoms with van der Waals surface area (Å²) in [7, 11) is 2.11. The lowest BCUT2D eigenvalue weighted by atomic mass is 9.91. The highest BCUT2D eigenvalue weighted by molar-refractivity contribution is 5.52. The average molecular weight is 238 g/mol. The Kier molecular flexibility index (Phi) is 7.52. The molecular formula is C14H26N2O. The van der Waals surface area contributed by atoms with E-state index in [1.807, 2.05) is 12.4 Å². The molecule has 0 atom stereocenters. The van der Waals surface area contributed by atoms with Gasteiger partial charge in [0.05, 0.1) is 6.54 Å². The van der Waals surface area contributed by atoms with Crippen LogP contribution in [0.25, 0.3) is 0 Å². The van der Waals surface area contributed by atoms with E-state index >= 15 is 0 Å². The summed E-state index contributed by atoms with van der Waals surface area (Å²) in [4.78, 5) is 12.4. The van der Waals surface area contributed by atoms with Crippen LogP contribution in [-0.4, -0.2) is 31.3 Å². The number of rotatable bonds is 6. The average Bonchev–Trinajstić information content (AvgIpc) is 2.28. The summed E-state index contributed by atoms with van der Waals surface area (Å²) in [6.45, 7) is 1.53. The lowest BCUT2D eigenvalue weighted by Crippen LogP contribution is -2.22. The molecule has 0 saturated heterocycles. The van der Waals surface area contributed by atoms with Crippen molar-refractivity contribution >= 4 is 6.29 Å². The van der Waals surface area contributed by atoms with Crippen LogP contribution in [-0.2, 0) is 4.79 Å². The molecule has 17 heavy (non-hydrogen) atoms. The van der Waals surface area contributed by atoms with E-state index < -0.39 is 0 Å². The standard InChI is InChI=1S/C14H26N2O/c1-16(11-9-15-10-12-17)13-14-7-5-3-2-4-6-8-14/h9,11-12,14-15H,2-8,10,13H2,1H3/b11-9-. The van der Waals surface area contributed by atoms with Crippen LogP contribution in [0.4, 0.5) is 0 Å². The van der Waals surface area contributed by atoms with Crippen molar-refractivity contribution in [2.24, 2.45) is 5.92 Å². The second-order valence-corrected chi connectivity index (χ2v) is 5.04. The molecule has 1 aliphatic carbocycles. The van der Waals surface area contributed by atoms with Gasteiger partial charge in [-0.15, -0.1) is 0 Å². The van der Waals surface area contributed by atoms with E-state index in [4.69, 9.17) is 0 Å². The van der Waals surface area contributed by atoms with Crippen LogP contribution in [0.2, 0.25) is 0 Å². The zero-order valence-corrected chi connectivity index (χ0v) is 11.0. The van der Waals surface area contributed by atoms with E-state index in [2.05, 4.69) is 17.3 Å². The highest BCUT2D eigenvalue weighted by atomic mass is 16.1. The van der Waals surface area contributed by atoms with Gasteiger partial charge in [0.2, 0.25) is 0 Å². The minimum absolute atomic E-state index is 0.397. The lowest BCUT2D eigenvalue weighted by molar-refractivity contribution is -0.107. The quantitative estimate of drug-likeness (QED) is 0.570. The van der Waals surface area contributed by atoms with E-state index in [0.717, 1.165) is 18.7 Å². The molecule has 3 heteroatoms. The summed E-state index contributed by atoms with van der Waals surface area (Å²) < 4.78 is 0.